The maximum Gasteiger partial charge on any atom is 0.255 e. The van der Waals surface area contributed by atoms with Crippen LogP contribution in [0.1, 0.15) is 15.9 Å². The van der Waals surface area contributed by atoms with Gasteiger partial charge >= 0.3 is 0 Å². The van der Waals surface area contributed by atoms with Gasteiger partial charge in [-0.15, -0.1) is 11.8 Å². The minimum Gasteiger partial charge on any atom is -0.352 e. The van der Waals surface area contributed by atoms with Gasteiger partial charge in [0.2, 0.25) is 0 Å². The van der Waals surface area contributed by atoms with E-state index < -0.39 is 5.82 Å². The summed E-state index contributed by atoms with van der Waals surface area (Å²) in [6, 6.07) is 6.27. The molecule has 2 aromatic rings. The number of anilines is 2. The number of nitrogens with one attached hydrogen (secondary N) is 2. The number of carbonyl (C=O) groups is 1. The number of amides is 1. The van der Waals surface area contributed by atoms with E-state index in [0.29, 0.717) is 29.9 Å². The van der Waals surface area contributed by atoms with Crippen LogP contribution in [0.2, 0.25) is 0 Å². The Morgan fingerprint density at radius 2 is 2.09 bits per heavy atom. The zero-order valence-electron chi connectivity index (χ0n) is 12.8. The van der Waals surface area contributed by atoms with Crippen molar-refractivity contribution in [3.05, 3.63) is 51.6 Å². The average Bonchev–Trinajstić information content (AvgIpc) is 2.53. The van der Waals surface area contributed by atoms with E-state index in [-0.39, 0.29) is 17.2 Å². The fourth-order valence-electron chi connectivity index (χ4n) is 2.60. The molecular weight excluding hydrogens is 317 g/mol. The molecule has 0 fully saturated rings. The number of pyridine rings is 1. The molecule has 0 atom stereocenters. The van der Waals surface area contributed by atoms with E-state index in [1.165, 1.54) is 28.5 Å². The number of rotatable bonds is 3. The fourth-order valence-corrected chi connectivity index (χ4v) is 3.02. The molecule has 3 rings (SSSR count). The summed E-state index contributed by atoms with van der Waals surface area (Å²) < 4.78 is 15.5. The van der Waals surface area contributed by atoms with Gasteiger partial charge in [0.25, 0.3) is 11.5 Å². The topological polar surface area (TPSA) is 63.1 Å². The number of halogens is 1. The van der Waals surface area contributed by atoms with Gasteiger partial charge in [-0.3, -0.25) is 14.2 Å². The van der Waals surface area contributed by atoms with Gasteiger partial charge in [0.1, 0.15) is 11.6 Å². The van der Waals surface area contributed by atoms with Crippen molar-refractivity contribution in [3.8, 4) is 0 Å². The Hall–Kier alpha value is -2.28. The van der Waals surface area contributed by atoms with Crippen LogP contribution in [0.25, 0.3) is 0 Å². The minimum atomic E-state index is -0.432. The Morgan fingerprint density at radius 1 is 1.30 bits per heavy atom. The van der Waals surface area contributed by atoms with E-state index in [0.717, 1.165) is 4.90 Å². The summed E-state index contributed by atoms with van der Waals surface area (Å²) in [6.45, 7) is 0.495. The molecule has 1 aliphatic heterocycles. The molecule has 0 aliphatic carbocycles. The van der Waals surface area contributed by atoms with Crippen molar-refractivity contribution in [2.75, 3.05) is 18.1 Å². The zero-order chi connectivity index (χ0) is 16.6. The maximum absolute atomic E-state index is 14.2. The molecule has 0 spiro atoms. The SMILES string of the molecule is CSc1ccc(Nc2c3c(cc(=O)n2C)CCNC3=O)c(F)c1. The summed E-state index contributed by atoms with van der Waals surface area (Å²) in [5.74, 6) is -0.385. The van der Waals surface area contributed by atoms with Crippen molar-refractivity contribution < 1.29 is 9.18 Å². The molecule has 5 nitrogen and oxygen atoms in total. The van der Waals surface area contributed by atoms with Crippen LogP contribution < -0.4 is 16.2 Å². The first-order valence-electron chi connectivity index (χ1n) is 7.13. The van der Waals surface area contributed by atoms with Crippen molar-refractivity contribution in [3.63, 3.8) is 0 Å². The Labute approximate surface area is 136 Å². The number of thioether (sulfide) groups is 1. The normalized spacial score (nSPS) is 13.4. The van der Waals surface area contributed by atoms with E-state index in [4.69, 9.17) is 0 Å². The van der Waals surface area contributed by atoms with Crippen molar-refractivity contribution in [2.24, 2.45) is 7.05 Å². The summed E-state index contributed by atoms with van der Waals surface area (Å²) in [4.78, 5) is 25.1. The lowest BCUT2D eigenvalue weighted by atomic mass is 10.0. The van der Waals surface area contributed by atoms with Crippen LogP contribution >= 0.6 is 11.8 Å². The lowest BCUT2D eigenvalue weighted by Gasteiger charge is -2.22. The Balaban J connectivity index is 2.11. The first-order chi connectivity index (χ1) is 11.0. The van der Waals surface area contributed by atoms with Crippen LogP contribution in [0.15, 0.2) is 34.0 Å². The first-order valence-corrected chi connectivity index (χ1v) is 8.35. The van der Waals surface area contributed by atoms with Crippen LogP contribution in [-0.4, -0.2) is 23.3 Å². The number of nitrogens with zero attached hydrogens (tertiary/aromatic N) is 1. The number of hydrogen-bond acceptors (Lipinski definition) is 4. The first kappa shape index (κ1) is 15.6. The Bertz CT molecular complexity index is 848. The van der Waals surface area contributed by atoms with E-state index in [1.54, 1.807) is 19.2 Å². The molecule has 1 aromatic carbocycles. The molecule has 0 bridgehead atoms. The average molecular weight is 333 g/mol. The third kappa shape index (κ3) is 2.84. The second kappa shape index (κ2) is 6.08. The standard InChI is InChI=1S/C16H16FN3O2S/c1-20-13(21)7-9-5-6-18-16(22)14(9)15(20)19-12-4-3-10(23-2)8-11(12)17/h3-4,7-8,19H,5-6H2,1-2H3,(H,18,22). The Morgan fingerprint density at radius 3 is 2.78 bits per heavy atom. The predicted molar refractivity (Wildman–Crippen MR) is 89.2 cm³/mol. The highest BCUT2D eigenvalue weighted by molar-refractivity contribution is 7.98. The van der Waals surface area contributed by atoms with Gasteiger partial charge in [0.05, 0.1) is 11.3 Å². The third-order valence-electron chi connectivity index (χ3n) is 3.86. The highest BCUT2D eigenvalue weighted by atomic mass is 32.2. The van der Waals surface area contributed by atoms with Crippen molar-refractivity contribution in [1.82, 2.24) is 9.88 Å². The quantitative estimate of drug-likeness (QED) is 0.846. The summed E-state index contributed by atoms with van der Waals surface area (Å²) >= 11 is 1.44. The summed E-state index contributed by atoms with van der Waals surface area (Å²) in [5, 5.41) is 5.66. The fraction of sp³-hybridized carbons (Fsp3) is 0.250. The zero-order valence-corrected chi connectivity index (χ0v) is 13.6. The predicted octanol–water partition coefficient (Wildman–Crippen LogP) is 2.28. The lowest BCUT2D eigenvalue weighted by molar-refractivity contribution is 0.0946. The van der Waals surface area contributed by atoms with Crippen LogP contribution in [0.4, 0.5) is 15.9 Å². The van der Waals surface area contributed by atoms with Crippen LogP contribution in [0.5, 0.6) is 0 Å². The molecule has 120 valence electrons. The monoisotopic (exact) mass is 333 g/mol. The maximum atomic E-state index is 14.2. The molecule has 1 aromatic heterocycles. The largest absolute Gasteiger partial charge is 0.352 e. The molecule has 1 amide bonds. The van der Waals surface area contributed by atoms with Gasteiger partial charge in [-0.2, -0.15) is 0 Å². The van der Waals surface area contributed by atoms with Gasteiger partial charge in [-0.25, -0.2) is 4.39 Å². The molecule has 2 heterocycles. The highest BCUT2D eigenvalue weighted by Crippen LogP contribution is 2.27. The number of hydrogen-bond donors (Lipinski definition) is 2. The molecule has 0 saturated heterocycles. The summed E-state index contributed by atoms with van der Waals surface area (Å²) in [7, 11) is 1.56. The number of carbonyl (C=O) groups excluding carboxylic acids is 1. The van der Waals surface area contributed by atoms with Crippen LogP contribution in [-0.2, 0) is 13.5 Å². The summed E-state index contributed by atoms with van der Waals surface area (Å²) in [6.07, 6.45) is 2.45. The highest BCUT2D eigenvalue weighted by Gasteiger charge is 2.24. The van der Waals surface area contributed by atoms with E-state index >= 15 is 0 Å². The molecule has 0 radical (unpaired) electrons. The number of fused-ring (bicyclic) bond motifs is 1. The second-order valence-corrected chi connectivity index (χ2v) is 6.15. The van der Waals surface area contributed by atoms with Gasteiger partial charge in [0, 0.05) is 24.6 Å². The molecule has 0 unspecified atom stereocenters. The smallest absolute Gasteiger partial charge is 0.255 e. The molecule has 23 heavy (non-hydrogen) atoms. The molecular formula is C16H16FN3O2S. The van der Waals surface area contributed by atoms with Crippen LogP contribution in [0, 0.1) is 5.82 Å². The summed E-state index contributed by atoms with van der Waals surface area (Å²) in [5.41, 5.74) is 1.07. The third-order valence-corrected chi connectivity index (χ3v) is 4.58. The van der Waals surface area contributed by atoms with Crippen LogP contribution in [0.3, 0.4) is 0 Å². The number of aromatic nitrogens is 1. The van der Waals surface area contributed by atoms with Gasteiger partial charge in [-0.1, -0.05) is 0 Å². The molecule has 1 aliphatic rings. The van der Waals surface area contributed by atoms with E-state index in [9.17, 15) is 14.0 Å². The Kier molecular flexibility index (Phi) is 4.12. The second-order valence-electron chi connectivity index (χ2n) is 5.27. The van der Waals surface area contributed by atoms with Crippen molar-refractivity contribution in [2.45, 2.75) is 11.3 Å². The minimum absolute atomic E-state index is 0.226. The molecule has 2 N–H and O–H groups in total. The van der Waals surface area contributed by atoms with Gasteiger partial charge in [-0.05, 0) is 36.4 Å². The molecule has 7 heteroatoms. The van der Waals surface area contributed by atoms with Gasteiger partial charge < -0.3 is 10.6 Å². The number of benzene rings is 1. The molecule has 0 saturated carbocycles. The van der Waals surface area contributed by atoms with E-state index in [1.807, 2.05) is 6.26 Å². The lowest BCUT2D eigenvalue weighted by Crippen LogP contribution is -2.36. The van der Waals surface area contributed by atoms with E-state index in [2.05, 4.69) is 10.6 Å². The van der Waals surface area contributed by atoms with Crippen molar-refractivity contribution in [1.29, 1.82) is 0 Å². The van der Waals surface area contributed by atoms with Crippen molar-refractivity contribution >= 4 is 29.2 Å². The van der Waals surface area contributed by atoms with Gasteiger partial charge in [0.15, 0.2) is 0 Å².